The van der Waals surface area contributed by atoms with E-state index in [1.807, 2.05) is 12.1 Å². The van der Waals surface area contributed by atoms with Crippen LogP contribution in [-0.2, 0) is 0 Å². The van der Waals surface area contributed by atoms with Crippen LogP contribution in [0.25, 0.3) is 6.08 Å². The van der Waals surface area contributed by atoms with Crippen LogP contribution in [0.3, 0.4) is 0 Å². The molecule has 2 aromatic rings. The van der Waals surface area contributed by atoms with E-state index in [4.69, 9.17) is 0 Å². The molecule has 0 unspecified atom stereocenters. The lowest BCUT2D eigenvalue weighted by Crippen LogP contribution is -2.43. The van der Waals surface area contributed by atoms with Gasteiger partial charge in [-0.25, -0.2) is 0 Å². The molecular formula is C20H18N2O2. The number of nitrogens with one attached hydrogen (secondary N) is 1. The fraction of sp³-hybridized carbons (Fsp3) is 0.200. The first kappa shape index (κ1) is 14.8. The van der Waals surface area contributed by atoms with E-state index in [1.54, 1.807) is 30.3 Å². The Bertz CT molecular complexity index is 794. The fourth-order valence-electron chi connectivity index (χ4n) is 3.27. The number of carbonyl (C=O) groups is 2. The van der Waals surface area contributed by atoms with Gasteiger partial charge in [0.1, 0.15) is 0 Å². The lowest BCUT2D eigenvalue weighted by molar-refractivity contribution is 0.0990. The number of hydrogen-bond acceptors (Lipinski definition) is 4. The highest BCUT2D eigenvalue weighted by Crippen LogP contribution is 2.28. The molecule has 0 spiro atoms. The minimum absolute atomic E-state index is 0.179. The van der Waals surface area contributed by atoms with Crippen LogP contribution in [0.5, 0.6) is 0 Å². The number of hydrogen-bond donors (Lipinski definition) is 1. The van der Waals surface area contributed by atoms with Gasteiger partial charge in [-0.05, 0) is 23.8 Å². The summed E-state index contributed by atoms with van der Waals surface area (Å²) in [7, 11) is 0. The molecule has 0 bridgehead atoms. The van der Waals surface area contributed by atoms with Crippen LogP contribution in [0.1, 0.15) is 26.3 Å². The molecule has 4 heteroatoms. The number of allylic oxidation sites excluding steroid dienone is 1. The second kappa shape index (κ2) is 6.06. The number of rotatable bonds is 2. The van der Waals surface area contributed by atoms with Crippen LogP contribution in [0.15, 0.2) is 54.1 Å². The molecular weight excluding hydrogens is 300 g/mol. The zero-order valence-corrected chi connectivity index (χ0v) is 13.3. The highest BCUT2D eigenvalue weighted by atomic mass is 16.2. The third kappa shape index (κ3) is 2.55. The summed E-state index contributed by atoms with van der Waals surface area (Å²) < 4.78 is 0. The van der Waals surface area contributed by atoms with E-state index in [-0.39, 0.29) is 17.1 Å². The van der Waals surface area contributed by atoms with E-state index in [2.05, 4.69) is 22.3 Å². The molecule has 0 radical (unpaired) electrons. The van der Waals surface area contributed by atoms with E-state index in [0.717, 1.165) is 31.7 Å². The molecule has 2 aliphatic rings. The molecule has 0 amide bonds. The number of ketones is 2. The van der Waals surface area contributed by atoms with Crippen molar-refractivity contribution in [1.29, 1.82) is 0 Å². The van der Waals surface area contributed by atoms with Gasteiger partial charge < -0.3 is 10.2 Å². The first-order valence-electron chi connectivity index (χ1n) is 8.20. The van der Waals surface area contributed by atoms with Crippen molar-refractivity contribution < 1.29 is 9.59 Å². The maximum absolute atomic E-state index is 12.4. The average molecular weight is 318 g/mol. The first-order valence-corrected chi connectivity index (χ1v) is 8.20. The Morgan fingerprint density at radius 3 is 2.00 bits per heavy atom. The van der Waals surface area contributed by atoms with Crippen molar-refractivity contribution in [2.24, 2.45) is 0 Å². The van der Waals surface area contributed by atoms with Crippen LogP contribution < -0.4 is 10.2 Å². The quantitative estimate of drug-likeness (QED) is 0.683. The minimum Gasteiger partial charge on any atom is -0.369 e. The molecule has 2 aromatic carbocycles. The molecule has 120 valence electrons. The summed E-state index contributed by atoms with van der Waals surface area (Å²) in [4.78, 5) is 27.2. The van der Waals surface area contributed by atoms with Crippen molar-refractivity contribution in [2.75, 3.05) is 31.1 Å². The molecule has 1 aliphatic heterocycles. The molecule has 1 fully saturated rings. The van der Waals surface area contributed by atoms with Crippen molar-refractivity contribution >= 4 is 23.3 Å². The van der Waals surface area contributed by atoms with Crippen LogP contribution in [-0.4, -0.2) is 37.7 Å². The predicted molar refractivity (Wildman–Crippen MR) is 94.6 cm³/mol. The summed E-state index contributed by atoms with van der Waals surface area (Å²) in [6.07, 6.45) is 1.70. The highest BCUT2D eigenvalue weighted by molar-refractivity contribution is 6.41. The van der Waals surface area contributed by atoms with E-state index in [1.165, 1.54) is 5.69 Å². The van der Waals surface area contributed by atoms with E-state index >= 15 is 0 Å². The molecule has 0 atom stereocenters. The highest BCUT2D eigenvalue weighted by Gasteiger charge is 2.32. The normalized spacial score (nSPS) is 17.2. The molecule has 1 heterocycles. The summed E-state index contributed by atoms with van der Waals surface area (Å²) in [6.45, 7) is 3.97. The minimum atomic E-state index is -0.179. The maximum atomic E-state index is 12.4. The standard InChI is InChI=1S/C20H18N2O2/c23-19-16-3-1-2-4-17(16)20(24)18(19)13-14-5-7-15(8-6-14)22-11-9-21-10-12-22/h1-8,13,21H,9-12H2. The Kier molecular flexibility index (Phi) is 3.75. The number of anilines is 1. The summed E-state index contributed by atoms with van der Waals surface area (Å²) >= 11 is 0. The Balaban J connectivity index is 1.60. The number of nitrogens with zero attached hydrogens (tertiary/aromatic N) is 1. The zero-order chi connectivity index (χ0) is 16.5. The average Bonchev–Trinajstić information content (AvgIpc) is 2.88. The predicted octanol–water partition coefficient (Wildman–Crippen LogP) is 2.56. The SMILES string of the molecule is O=C1C(=Cc2ccc(N3CCNCC3)cc2)C(=O)c2ccccc21. The molecule has 1 N–H and O–H groups in total. The number of benzene rings is 2. The molecule has 4 nitrogen and oxygen atoms in total. The molecule has 4 rings (SSSR count). The maximum Gasteiger partial charge on any atom is 0.197 e. The summed E-state index contributed by atoms with van der Waals surface area (Å²) in [5.74, 6) is -0.358. The largest absolute Gasteiger partial charge is 0.369 e. The topological polar surface area (TPSA) is 49.4 Å². The van der Waals surface area contributed by atoms with Gasteiger partial charge in [0.15, 0.2) is 11.6 Å². The molecule has 0 saturated carbocycles. The third-order valence-electron chi connectivity index (χ3n) is 4.59. The Hall–Kier alpha value is -2.72. The van der Waals surface area contributed by atoms with Gasteiger partial charge in [0, 0.05) is 43.0 Å². The fourth-order valence-corrected chi connectivity index (χ4v) is 3.27. The Morgan fingerprint density at radius 1 is 0.833 bits per heavy atom. The van der Waals surface area contributed by atoms with Gasteiger partial charge in [0.2, 0.25) is 0 Å². The number of Topliss-reactive ketones (excluding diaryl/α,β-unsaturated/α-hetero) is 2. The van der Waals surface area contributed by atoms with E-state index < -0.39 is 0 Å². The van der Waals surface area contributed by atoms with Crippen molar-refractivity contribution in [3.8, 4) is 0 Å². The van der Waals surface area contributed by atoms with Gasteiger partial charge in [-0.2, -0.15) is 0 Å². The zero-order valence-electron chi connectivity index (χ0n) is 13.3. The number of carbonyl (C=O) groups excluding carboxylic acids is 2. The van der Waals surface area contributed by atoms with Crippen LogP contribution in [0.4, 0.5) is 5.69 Å². The van der Waals surface area contributed by atoms with Crippen molar-refractivity contribution in [3.05, 3.63) is 70.8 Å². The number of fused-ring (bicyclic) bond motifs is 1. The van der Waals surface area contributed by atoms with Gasteiger partial charge >= 0.3 is 0 Å². The van der Waals surface area contributed by atoms with Crippen LogP contribution in [0, 0.1) is 0 Å². The summed E-state index contributed by atoms with van der Waals surface area (Å²) in [5.41, 5.74) is 3.31. The monoisotopic (exact) mass is 318 g/mol. The van der Waals surface area contributed by atoms with Crippen LogP contribution in [0.2, 0.25) is 0 Å². The summed E-state index contributed by atoms with van der Waals surface area (Å²) in [5, 5.41) is 3.34. The van der Waals surface area contributed by atoms with Gasteiger partial charge in [-0.3, -0.25) is 9.59 Å². The van der Waals surface area contributed by atoms with Gasteiger partial charge in [-0.15, -0.1) is 0 Å². The molecule has 0 aromatic heterocycles. The van der Waals surface area contributed by atoms with E-state index in [0.29, 0.717) is 11.1 Å². The third-order valence-corrected chi connectivity index (χ3v) is 4.59. The van der Waals surface area contributed by atoms with Crippen LogP contribution >= 0.6 is 0 Å². The molecule has 24 heavy (non-hydrogen) atoms. The van der Waals surface area contributed by atoms with Gasteiger partial charge in [-0.1, -0.05) is 36.4 Å². The second-order valence-electron chi connectivity index (χ2n) is 6.09. The lowest BCUT2D eigenvalue weighted by atomic mass is 10.1. The Morgan fingerprint density at radius 2 is 1.42 bits per heavy atom. The van der Waals surface area contributed by atoms with Gasteiger partial charge in [0.05, 0.1) is 5.57 Å². The van der Waals surface area contributed by atoms with Crippen molar-refractivity contribution in [1.82, 2.24) is 5.32 Å². The van der Waals surface area contributed by atoms with E-state index in [9.17, 15) is 9.59 Å². The second-order valence-corrected chi connectivity index (χ2v) is 6.09. The van der Waals surface area contributed by atoms with Gasteiger partial charge in [0.25, 0.3) is 0 Å². The summed E-state index contributed by atoms with van der Waals surface area (Å²) in [6, 6.07) is 15.0. The number of piperazine rings is 1. The molecule has 1 aliphatic carbocycles. The Labute approximate surface area is 140 Å². The molecule has 1 saturated heterocycles. The van der Waals surface area contributed by atoms with Crippen molar-refractivity contribution in [2.45, 2.75) is 0 Å². The lowest BCUT2D eigenvalue weighted by Gasteiger charge is -2.29. The first-order chi connectivity index (χ1) is 11.7. The van der Waals surface area contributed by atoms with Crippen molar-refractivity contribution in [3.63, 3.8) is 0 Å². The smallest absolute Gasteiger partial charge is 0.197 e.